The van der Waals surface area contributed by atoms with Gasteiger partial charge in [-0.15, -0.1) is 12.4 Å². The first-order chi connectivity index (χ1) is 13.3. The molecule has 1 saturated heterocycles. The topological polar surface area (TPSA) is 63.4 Å². The maximum Gasteiger partial charge on any atom is 0.179 e. The molecule has 1 aromatic carbocycles. The van der Waals surface area contributed by atoms with E-state index in [0.29, 0.717) is 11.8 Å². The fraction of sp³-hybridized carbons (Fsp3) is 0.400. The molecule has 28 heavy (non-hydrogen) atoms. The number of hydrogen-bond acceptors (Lipinski definition) is 6. The summed E-state index contributed by atoms with van der Waals surface area (Å²) in [6.07, 6.45) is 7.82. The number of aryl methyl sites for hydroxylation is 1. The second-order valence-electron chi connectivity index (χ2n) is 6.76. The number of nitrogens with zero attached hydrogens (tertiary/aromatic N) is 3. The number of nitrogens with one attached hydrogen (secondary N) is 1. The molecule has 3 heterocycles. The van der Waals surface area contributed by atoms with Crippen LogP contribution in [0.4, 0.5) is 10.2 Å². The Hall–Kier alpha value is -2.38. The molecule has 2 aromatic heterocycles. The molecular weight excluding hydrogens is 383 g/mol. The highest BCUT2D eigenvalue weighted by molar-refractivity contribution is 5.85. The molecule has 3 aromatic rings. The Kier molecular flexibility index (Phi) is 6.70. The first kappa shape index (κ1) is 20.4. The Balaban J connectivity index is 0.00000225. The standard InChI is InChI=1S/C20H23FN4O2.ClH/c1-26-19-11-23-13-24-20(19)25-8-7-22-10-16(25)4-2-3-14-12-27-18-6-5-15(21)9-17(14)18;/h5-6,9,11-13,16,22H,2-4,7-8,10H2,1H3;1H. The van der Waals surface area contributed by atoms with Gasteiger partial charge < -0.3 is 19.4 Å². The lowest BCUT2D eigenvalue weighted by Crippen LogP contribution is -2.51. The average Bonchev–Trinajstić information content (AvgIpc) is 3.10. The molecule has 0 aliphatic carbocycles. The van der Waals surface area contributed by atoms with Gasteiger partial charge in [0.1, 0.15) is 17.7 Å². The minimum absolute atomic E-state index is 0. The van der Waals surface area contributed by atoms with Gasteiger partial charge in [0.05, 0.1) is 19.6 Å². The summed E-state index contributed by atoms with van der Waals surface area (Å²) in [5.41, 5.74) is 1.79. The number of methoxy groups -OCH3 is 1. The summed E-state index contributed by atoms with van der Waals surface area (Å²) < 4.78 is 24.5. The highest BCUT2D eigenvalue weighted by Gasteiger charge is 2.25. The molecule has 8 heteroatoms. The summed E-state index contributed by atoms with van der Waals surface area (Å²) in [5.74, 6) is 1.30. The second kappa shape index (κ2) is 9.21. The van der Waals surface area contributed by atoms with Crippen LogP contribution >= 0.6 is 12.4 Å². The molecule has 0 saturated carbocycles. The molecule has 1 atom stereocenters. The van der Waals surface area contributed by atoms with Crippen LogP contribution in [0.25, 0.3) is 11.0 Å². The number of hydrogen-bond donors (Lipinski definition) is 1. The number of rotatable bonds is 6. The first-order valence-electron chi connectivity index (χ1n) is 9.23. The third-order valence-corrected chi connectivity index (χ3v) is 5.10. The van der Waals surface area contributed by atoms with Crippen LogP contribution in [0.3, 0.4) is 0 Å². The Morgan fingerprint density at radius 2 is 2.29 bits per heavy atom. The van der Waals surface area contributed by atoms with Gasteiger partial charge in [-0.3, -0.25) is 0 Å². The van der Waals surface area contributed by atoms with Gasteiger partial charge in [-0.05, 0) is 43.0 Å². The van der Waals surface area contributed by atoms with Gasteiger partial charge in [0.2, 0.25) is 0 Å². The maximum atomic E-state index is 13.5. The monoisotopic (exact) mass is 406 g/mol. The highest BCUT2D eigenvalue weighted by Crippen LogP contribution is 2.28. The van der Waals surface area contributed by atoms with Gasteiger partial charge in [0, 0.05) is 31.1 Å². The third-order valence-electron chi connectivity index (χ3n) is 5.10. The largest absolute Gasteiger partial charge is 0.491 e. The second-order valence-corrected chi connectivity index (χ2v) is 6.76. The van der Waals surface area contributed by atoms with Crippen molar-refractivity contribution < 1.29 is 13.5 Å². The van der Waals surface area contributed by atoms with Gasteiger partial charge >= 0.3 is 0 Å². The minimum atomic E-state index is -0.233. The Morgan fingerprint density at radius 3 is 3.14 bits per heavy atom. The zero-order chi connectivity index (χ0) is 18.6. The predicted molar refractivity (Wildman–Crippen MR) is 109 cm³/mol. The van der Waals surface area contributed by atoms with Crippen molar-refractivity contribution in [1.82, 2.24) is 15.3 Å². The SMILES string of the molecule is COc1cncnc1N1CCNCC1CCCc1coc2ccc(F)cc12.Cl. The van der Waals surface area contributed by atoms with Crippen LogP contribution in [-0.2, 0) is 6.42 Å². The van der Waals surface area contributed by atoms with E-state index in [4.69, 9.17) is 9.15 Å². The molecule has 1 unspecified atom stereocenters. The van der Waals surface area contributed by atoms with Crippen molar-refractivity contribution in [2.75, 3.05) is 31.6 Å². The van der Waals surface area contributed by atoms with E-state index in [0.717, 1.165) is 61.2 Å². The van der Waals surface area contributed by atoms with Crippen molar-refractivity contribution in [1.29, 1.82) is 0 Å². The Morgan fingerprint density at radius 1 is 1.39 bits per heavy atom. The molecule has 0 amide bonds. The lowest BCUT2D eigenvalue weighted by atomic mass is 10.0. The van der Waals surface area contributed by atoms with Gasteiger partial charge in [-0.2, -0.15) is 0 Å². The molecule has 6 nitrogen and oxygen atoms in total. The van der Waals surface area contributed by atoms with Gasteiger partial charge in [0.25, 0.3) is 0 Å². The fourth-order valence-corrected chi connectivity index (χ4v) is 3.74. The van der Waals surface area contributed by atoms with E-state index in [-0.39, 0.29) is 18.2 Å². The van der Waals surface area contributed by atoms with Gasteiger partial charge in [-0.25, -0.2) is 14.4 Å². The van der Waals surface area contributed by atoms with E-state index >= 15 is 0 Å². The molecule has 1 aliphatic heterocycles. The van der Waals surface area contributed by atoms with Crippen LogP contribution in [0.2, 0.25) is 0 Å². The van der Waals surface area contributed by atoms with Crippen molar-refractivity contribution in [2.24, 2.45) is 0 Å². The Bertz CT molecular complexity index is 920. The van der Waals surface area contributed by atoms with Crippen LogP contribution in [0.15, 0.2) is 41.4 Å². The van der Waals surface area contributed by atoms with Gasteiger partial charge in [0.15, 0.2) is 11.6 Å². The lowest BCUT2D eigenvalue weighted by Gasteiger charge is -2.37. The van der Waals surface area contributed by atoms with Crippen molar-refractivity contribution in [3.63, 3.8) is 0 Å². The van der Waals surface area contributed by atoms with E-state index in [1.165, 1.54) is 6.07 Å². The van der Waals surface area contributed by atoms with Crippen molar-refractivity contribution in [3.05, 3.63) is 48.4 Å². The molecule has 150 valence electrons. The molecule has 4 rings (SSSR count). The number of halogens is 2. The molecule has 1 N–H and O–H groups in total. The number of anilines is 1. The average molecular weight is 407 g/mol. The lowest BCUT2D eigenvalue weighted by molar-refractivity contribution is 0.396. The summed E-state index contributed by atoms with van der Waals surface area (Å²) in [6.45, 7) is 2.68. The Labute approximate surface area is 169 Å². The van der Waals surface area contributed by atoms with Crippen LogP contribution in [0.1, 0.15) is 18.4 Å². The minimum Gasteiger partial charge on any atom is -0.491 e. The summed E-state index contributed by atoms with van der Waals surface area (Å²) in [4.78, 5) is 10.8. The fourth-order valence-electron chi connectivity index (χ4n) is 3.74. The van der Waals surface area contributed by atoms with E-state index in [2.05, 4.69) is 20.2 Å². The quantitative estimate of drug-likeness (QED) is 0.675. The van der Waals surface area contributed by atoms with E-state index in [9.17, 15) is 4.39 Å². The summed E-state index contributed by atoms with van der Waals surface area (Å²) in [6, 6.07) is 4.98. The molecule has 1 fully saturated rings. The molecule has 0 radical (unpaired) electrons. The number of ether oxygens (including phenoxy) is 1. The van der Waals surface area contributed by atoms with Crippen LogP contribution in [0, 0.1) is 5.82 Å². The van der Waals surface area contributed by atoms with Crippen LogP contribution in [-0.4, -0.2) is 42.8 Å². The van der Waals surface area contributed by atoms with Crippen molar-refractivity contribution in [3.8, 4) is 5.75 Å². The number of piperazine rings is 1. The molecular formula is C20H24ClFN4O2. The van der Waals surface area contributed by atoms with E-state index in [1.54, 1.807) is 38.0 Å². The predicted octanol–water partition coefficient (Wildman–Crippen LogP) is 3.59. The smallest absolute Gasteiger partial charge is 0.179 e. The number of furan rings is 1. The first-order valence-corrected chi connectivity index (χ1v) is 9.23. The van der Waals surface area contributed by atoms with E-state index in [1.807, 2.05) is 0 Å². The molecule has 1 aliphatic rings. The van der Waals surface area contributed by atoms with Crippen molar-refractivity contribution in [2.45, 2.75) is 25.3 Å². The van der Waals surface area contributed by atoms with Crippen LogP contribution in [0.5, 0.6) is 5.75 Å². The summed E-state index contributed by atoms with van der Waals surface area (Å²) >= 11 is 0. The summed E-state index contributed by atoms with van der Waals surface area (Å²) in [7, 11) is 1.64. The number of fused-ring (bicyclic) bond motifs is 1. The van der Waals surface area contributed by atoms with Gasteiger partial charge in [-0.1, -0.05) is 0 Å². The zero-order valence-electron chi connectivity index (χ0n) is 15.7. The van der Waals surface area contributed by atoms with Crippen molar-refractivity contribution >= 4 is 29.2 Å². The normalized spacial score (nSPS) is 16.8. The number of aromatic nitrogens is 2. The van der Waals surface area contributed by atoms with Crippen LogP contribution < -0.4 is 15.0 Å². The van der Waals surface area contributed by atoms with E-state index < -0.39 is 0 Å². The maximum absolute atomic E-state index is 13.5. The molecule has 0 bridgehead atoms. The highest BCUT2D eigenvalue weighted by atomic mass is 35.5. The molecule has 0 spiro atoms. The zero-order valence-corrected chi connectivity index (χ0v) is 16.5. The number of benzene rings is 1. The third kappa shape index (κ3) is 4.20. The summed E-state index contributed by atoms with van der Waals surface area (Å²) in [5, 5.41) is 4.33.